The van der Waals surface area contributed by atoms with Crippen molar-refractivity contribution in [3.8, 4) is 0 Å². The van der Waals surface area contributed by atoms with Crippen LogP contribution in [0.1, 0.15) is 95.9 Å². The Morgan fingerprint density at radius 1 is 0.490 bits per heavy atom. The number of esters is 2. The third kappa shape index (κ3) is 22.0. The highest BCUT2D eigenvalue weighted by molar-refractivity contribution is 8.01. The molecule has 0 fully saturated rings. The molecule has 0 aliphatic carbocycles. The van der Waals surface area contributed by atoms with Crippen molar-refractivity contribution in [2.45, 2.75) is 118 Å². The number of hydrogen-bond acceptors (Lipinski definition) is 14. The largest absolute Gasteiger partial charge is 0.500 e. The van der Waals surface area contributed by atoms with E-state index in [0.29, 0.717) is 64.9 Å². The monoisotopic (exact) mass is 804 g/mol. The lowest BCUT2D eigenvalue weighted by Crippen LogP contribution is -2.46. The van der Waals surface area contributed by atoms with Crippen LogP contribution in [0.2, 0.25) is 12.1 Å². The van der Waals surface area contributed by atoms with Gasteiger partial charge in [0.1, 0.15) is 22.7 Å². The molecule has 0 aliphatic heterocycles. The van der Waals surface area contributed by atoms with Crippen LogP contribution >= 0.6 is 23.5 Å². The molecule has 51 heavy (non-hydrogen) atoms. The van der Waals surface area contributed by atoms with Crippen molar-refractivity contribution in [1.29, 1.82) is 0 Å². The summed E-state index contributed by atoms with van der Waals surface area (Å²) in [5.74, 6) is 0.969. The van der Waals surface area contributed by atoms with Gasteiger partial charge in [-0.2, -0.15) is 0 Å². The molecule has 0 saturated heterocycles. The second-order valence-corrected chi connectivity index (χ2v) is 22.3. The van der Waals surface area contributed by atoms with Crippen LogP contribution in [0.4, 0.5) is 0 Å². The number of hydrogen-bond donors (Lipinski definition) is 0. The van der Waals surface area contributed by atoms with E-state index >= 15 is 0 Å². The lowest BCUT2D eigenvalue weighted by Gasteiger charge is -2.29. The molecule has 0 heterocycles. The van der Waals surface area contributed by atoms with Gasteiger partial charge in [-0.05, 0) is 93.6 Å². The second kappa shape index (κ2) is 27.4. The fourth-order valence-electron chi connectivity index (χ4n) is 4.83. The third-order valence-electron chi connectivity index (χ3n) is 7.26. The first-order valence-corrected chi connectivity index (χ1v) is 24.5. The molecule has 0 spiro atoms. The zero-order chi connectivity index (χ0) is 38.9. The van der Waals surface area contributed by atoms with Crippen molar-refractivity contribution >= 4 is 53.1 Å². The maximum atomic E-state index is 12.8. The Morgan fingerprint density at radius 2 is 0.784 bits per heavy atom. The van der Waals surface area contributed by atoms with Gasteiger partial charge in [-0.25, -0.2) is 0 Å². The molecule has 0 aromatic carbocycles. The number of ether oxygens (including phenoxy) is 4. The van der Waals surface area contributed by atoms with Gasteiger partial charge in [0, 0.05) is 57.1 Å². The van der Waals surface area contributed by atoms with E-state index in [1.54, 1.807) is 23.5 Å². The van der Waals surface area contributed by atoms with Crippen LogP contribution in [0.5, 0.6) is 0 Å². The van der Waals surface area contributed by atoms with Crippen LogP contribution in [-0.4, -0.2) is 130 Å². The SMILES string of the molecule is CCO[Si](CCCSC(C)(C)C(=O)OCCOCC(C)(C)COCCOC(=O)C(C)(C)SCCC[Si](OCC)(OCC)OCC)(OCC)OCC. The minimum absolute atomic E-state index is 0.174. The molecular formula is C35H72O12S2Si2. The van der Waals surface area contributed by atoms with Crippen molar-refractivity contribution in [3.05, 3.63) is 0 Å². The van der Waals surface area contributed by atoms with Gasteiger partial charge in [-0.15, -0.1) is 23.5 Å². The van der Waals surface area contributed by atoms with Gasteiger partial charge in [0.15, 0.2) is 0 Å². The maximum Gasteiger partial charge on any atom is 0.500 e. The molecule has 0 atom stereocenters. The summed E-state index contributed by atoms with van der Waals surface area (Å²) in [5, 5.41) is 0. The third-order valence-corrected chi connectivity index (χ3v) is 16.3. The molecule has 0 N–H and O–H groups in total. The van der Waals surface area contributed by atoms with Crippen molar-refractivity contribution in [3.63, 3.8) is 0 Å². The summed E-state index contributed by atoms with van der Waals surface area (Å²) in [7, 11) is -5.38. The van der Waals surface area contributed by atoms with Crippen LogP contribution in [0.3, 0.4) is 0 Å². The Hall–Kier alpha value is -0.246. The molecular weight excluding hydrogens is 733 g/mol. The van der Waals surface area contributed by atoms with Crippen LogP contribution in [0, 0.1) is 5.41 Å². The predicted molar refractivity (Wildman–Crippen MR) is 211 cm³/mol. The maximum absolute atomic E-state index is 12.8. The summed E-state index contributed by atoms with van der Waals surface area (Å²) in [6.07, 6.45) is 1.63. The molecule has 12 nitrogen and oxygen atoms in total. The first kappa shape index (κ1) is 50.8. The molecule has 0 radical (unpaired) electrons. The molecule has 0 aromatic rings. The standard InChI is InChI=1S/C35H72O12S2Si2/c1-13-42-50(43-14-2,44-15-3)27-19-25-48-34(9,10)31(36)40-23-21-38-29-33(7,8)30-39-22-24-41-32(37)35(11,12)49-26-20-28-51(45-16-4,46-17-5)47-18-6/h13-30H2,1-12H3. The number of carbonyl (C=O) groups is 2. The zero-order valence-corrected chi connectivity index (χ0v) is 37.6. The van der Waals surface area contributed by atoms with E-state index in [-0.39, 0.29) is 43.8 Å². The predicted octanol–water partition coefficient (Wildman–Crippen LogP) is 7.03. The number of carbonyl (C=O) groups excluding carboxylic acids is 2. The van der Waals surface area contributed by atoms with Crippen LogP contribution in [0.15, 0.2) is 0 Å². The summed E-state index contributed by atoms with van der Waals surface area (Å²) in [4.78, 5) is 25.5. The van der Waals surface area contributed by atoms with Gasteiger partial charge in [0.2, 0.25) is 0 Å². The molecule has 0 saturated carbocycles. The average Bonchev–Trinajstić information content (AvgIpc) is 3.05. The van der Waals surface area contributed by atoms with E-state index < -0.39 is 27.1 Å². The summed E-state index contributed by atoms with van der Waals surface area (Å²) >= 11 is 3.11. The van der Waals surface area contributed by atoms with Crippen molar-refractivity contribution in [2.75, 3.05) is 90.8 Å². The van der Waals surface area contributed by atoms with E-state index in [4.69, 9.17) is 45.5 Å². The summed E-state index contributed by atoms with van der Waals surface area (Å²) < 4.78 is 56.8. The molecule has 0 rings (SSSR count). The fraction of sp³-hybridized carbons (Fsp3) is 0.943. The van der Waals surface area contributed by atoms with Gasteiger partial charge in [0.05, 0.1) is 26.4 Å². The van der Waals surface area contributed by atoms with Crippen LogP contribution in [0.25, 0.3) is 0 Å². The van der Waals surface area contributed by atoms with Gasteiger partial charge in [-0.3, -0.25) is 9.59 Å². The highest BCUT2D eigenvalue weighted by Crippen LogP contribution is 2.30. The number of rotatable bonds is 34. The summed E-state index contributed by atoms with van der Waals surface area (Å²) in [5.41, 5.74) is -0.274. The molecule has 0 amide bonds. The molecule has 0 aromatic heterocycles. The van der Waals surface area contributed by atoms with Crippen molar-refractivity contribution < 1.29 is 55.1 Å². The highest BCUT2D eigenvalue weighted by atomic mass is 32.2. The lowest BCUT2D eigenvalue weighted by molar-refractivity contribution is -0.147. The quantitative estimate of drug-likeness (QED) is 0.0375. The van der Waals surface area contributed by atoms with E-state index in [9.17, 15) is 9.59 Å². The minimum atomic E-state index is -2.69. The van der Waals surface area contributed by atoms with E-state index in [2.05, 4.69) is 0 Å². The molecule has 304 valence electrons. The van der Waals surface area contributed by atoms with Gasteiger partial charge >= 0.3 is 29.5 Å². The second-order valence-electron chi connectivity index (χ2n) is 13.4. The Bertz CT molecular complexity index is 823. The van der Waals surface area contributed by atoms with E-state index in [0.717, 1.165) is 24.3 Å². The summed E-state index contributed by atoms with van der Waals surface area (Å²) in [6.45, 7) is 28.3. The Labute approximate surface area is 320 Å². The fourth-order valence-corrected chi connectivity index (χ4v) is 12.5. The van der Waals surface area contributed by atoms with Crippen LogP contribution in [-0.2, 0) is 55.1 Å². The minimum Gasteiger partial charge on any atom is -0.462 e. The van der Waals surface area contributed by atoms with E-state index in [1.165, 1.54) is 0 Å². The van der Waals surface area contributed by atoms with Gasteiger partial charge < -0.3 is 45.5 Å². The first-order chi connectivity index (χ1) is 24.0. The Morgan fingerprint density at radius 3 is 1.06 bits per heavy atom. The first-order valence-electron chi connectivity index (χ1n) is 18.6. The highest BCUT2D eigenvalue weighted by Gasteiger charge is 2.41. The molecule has 0 unspecified atom stereocenters. The molecule has 0 bridgehead atoms. The number of thioether (sulfide) groups is 2. The normalized spacial score (nSPS) is 13.1. The Balaban J connectivity index is 4.34. The van der Waals surface area contributed by atoms with Gasteiger partial charge in [-0.1, -0.05) is 13.8 Å². The van der Waals surface area contributed by atoms with Gasteiger partial charge in [0.25, 0.3) is 0 Å². The molecule has 0 aliphatic rings. The Kier molecular flexibility index (Phi) is 27.2. The van der Waals surface area contributed by atoms with Crippen LogP contribution < -0.4 is 0 Å². The average molecular weight is 805 g/mol. The zero-order valence-electron chi connectivity index (χ0n) is 33.9. The smallest absolute Gasteiger partial charge is 0.462 e. The molecule has 16 heteroatoms. The van der Waals surface area contributed by atoms with E-state index in [1.807, 2.05) is 83.1 Å². The lowest BCUT2D eigenvalue weighted by atomic mass is 9.96. The topological polar surface area (TPSA) is 126 Å². The van der Waals surface area contributed by atoms with Crippen molar-refractivity contribution in [1.82, 2.24) is 0 Å². The van der Waals surface area contributed by atoms with Crippen molar-refractivity contribution in [2.24, 2.45) is 5.41 Å². The summed E-state index contributed by atoms with van der Waals surface area (Å²) in [6, 6.07) is 1.42.